The average molecular weight is 415 g/mol. The van der Waals surface area contributed by atoms with Gasteiger partial charge in [0, 0.05) is 45.0 Å². The van der Waals surface area contributed by atoms with E-state index in [1.807, 2.05) is 12.3 Å². The van der Waals surface area contributed by atoms with Gasteiger partial charge in [-0.15, -0.1) is 0 Å². The van der Waals surface area contributed by atoms with Crippen LogP contribution in [0.15, 0.2) is 33.8 Å². The van der Waals surface area contributed by atoms with Gasteiger partial charge in [-0.3, -0.25) is 9.69 Å². The Hall–Kier alpha value is -2.65. The van der Waals surface area contributed by atoms with Crippen molar-refractivity contribution in [3.8, 4) is 5.75 Å². The Balaban J connectivity index is 1.41. The Bertz CT molecular complexity index is 899. The van der Waals surface area contributed by atoms with Crippen LogP contribution >= 0.6 is 0 Å². The van der Waals surface area contributed by atoms with Crippen molar-refractivity contribution < 1.29 is 13.9 Å². The van der Waals surface area contributed by atoms with Crippen molar-refractivity contribution >= 4 is 11.8 Å². The van der Waals surface area contributed by atoms with Gasteiger partial charge in [0.2, 0.25) is 17.1 Å². The predicted molar refractivity (Wildman–Crippen MR) is 113 cm³/mol. The number of ether oxygens (including phenoxy) is 2. The molecule has 0 spiro atoms. The normalized spacial score (nSPS) is 20.2. The van der Waals surface area contributed by atoms with Crippen molar-refractivity contribution in [2.45, 2.75) is 25.4 Å². The minimum atomic E-state index is -0.155. The van der Waals surface area contributed by atoms with Crippen molar-refractivity contribution in [3.63, 3.8) is 0 Å². The molecule has 2 aromatic heterocycles. The van der Waals surface area contributed by atoms with E-state index in [9.17, 15) is 4.79 Å². The van der Waals surface area contributed by atoms with Crippen LogP contribution in [0.2, 0.25) is 0 Å². The number of hydrogen-bond donors (Lipinski definition) is 0. The summed E-state index contributed by atoms with van der Waals surface area (Å²) in [7, 11) is 3.52. The molecule has 1 atom stereocenters. The van der Waals surface area contributed by atoms with Gasteiger partial charge in [0.1, 0.15) is 17.8 Å². The fraction of sp³-hybridized carbons (Fsp3) is 0.571. The zero-order chi connectivity index (χ0) is 20.9. The van der Waals surface area contributed by atoms with Crippen molar-refractivity contribution in [2.24, 2.45) is 0 Å². The fourth-order valence-corrected chi connectivity index (χ4v) is 4.02. The lowest BCUT2D eigenvalue weighted by molar-refractivity contribution is 0.122. The quantitative estimate of drug-likeness (QED) is 0.694. The number of piperidine rings is 1. The highest BCUT2D eigenvalue weighted by molar-refractivity contribution is 5.44. The van der Waals surface area contributed by atoms with Gasteiger partial charge in [-0.1, -0.05) is 0 Å². The first-order valence-electron chi connectivity index (χ1n) is 10.4. The summed E-state index contributed by atoms with van der Waals surface area (Å²) >= 11 is 0. The molecule has 0 bridgehead atoms. The lowest BCUT2D eigenvalue weighted by Gasteiger charge is -2.37. The first-order valence-corrected chi connectivity index (χ1v) is 10.4. The van der Waals surface area contributed by atoms with E-state index < -0.39 is 0 Å². The molecule has 4 heterocycles. The first-order chi connectivity index (χ1) is 14.6. The van der Waals surface area contributed by atoms with Gasteiger partial charge >= 0.3 is 0 Å². The zero-order valence-corrected chi connectivity index (χ0v) is 17.6. The largest absolute Gasteiger partial charge is 0.490 e. The average Bonchev–Trinajstić information content (AvgIpc) is 2.79. The summed E-state index contributed by atoms with van der Waals surface area (Å²) in [5.41, 5.74) is -0.155. The highest BCUT2D eigenvalue weighted by atomic mass is 16.5. The maximum absolute atomic E-state index is 12.0. The number of likely N-dealkylation sites (tertiary alicyclic amines) is 1. The van der Waals surface area contributed by atoms with E-state index in [2.05, 4.69) is 26.7 Å². The molecule has 0 amide bonds. The summed E-state index contributed by atoms with van der Waals surface area (Å²) in [6.07, 6.45) is 5.36. The molecule has 2 aliphatic rings. The summed E-state index contributed by atoms with van der Waals surface area (Å²) in [5.74, 6) is 2.56. The molecule has 0 radical (unpaired) electrons. The van der Waals surface area contributed by atoms with Crippen LogP contribution < -0.4 is 20.0 Å². The third-order valence-electron chi connectivity index (χ3n) is 5.76. The van der Waals surface area contributed by atoms with Crippen molar-refractivity contribution in [3.05, 3.63) is 40.6 Å². The van der Waals surface area contributed by atoms with Crippen LogP contribution in [-0.2, 0) is 11.3 Å². The molecule has 30 heavy (non-hydrogen) atoms. The van der Waals surface area contributed by atoms with Gasteiger partial charge in [-0.05, 0) is 25.5 Å². The summed E-state index contributed by atoms with van der Waals surface area (Å²) < 4.78 is 16.0. The lowest BCUT2D eigenvalue weighted by atomic mass is 10.0. The van der Waals surface area contributed by atoms with Crippen LogP contribution in [0.4, 0.5) is 11.8 Å². The molecular formula is C21H29N5O4. The molecule has 0 saturated carbocycles. The van der Waals surface area contributed by atoms with Crippen LogP contribution in [0.5, 0.6) is 5.75 Å². The number of morpholine rings is 1. The van der Waals surface area contributed by atoms with E-state index in [1.54, 1.807) is 0 Å². The monoisotopic (exact) mass is 415 g/mol. The number of hydrogen-bond acceptors (Lipinski definition) is 9. The lowest BCUT2D eigenvalue weighted by Crippen LogP contribution is -2.47. The standard InChI is InChI=1S/C21H29N5O4/c1-24(21-22-6-5-20(23-21)26-8-10-29-11-9-26)16-4-3-7-25(13-16)14-17-12-18(27)19(28-2)15-30-17/h5-6,12,15-16H,3-4,7-11,13-14H2,1-2H3. The van der Waals surface area contributed by atoms with Gasteiger partial charge in [0.15, 0.2) is 0 Å². The molecule has 2 fully saturated rings. The predicted octanol–water partition coefficient (Wildman–Crippen LogP) is 1.38. The second kappa shape index (κ2) is 9.44. The SMILES string of the molecule is COc1coc(CN2CCCC(N(C)c3nccc(N4CCOCC4)n3)C2)cc1=O. The molecule has 162 valence electrons. The minimum absolute atomic E-state index is 0.155. The maximum Gasteiger partial charge on any atom is 0.227 e. The molecule has 0 N–H and O–H groups in total. The zero-order valence-electron chi connectivity index (χ0n) is 17.6. The third-order valence-corrected chi connectivity index (χ3v) is 5.76. The van der Waals surface area contributed by atoms with E-state index >= 15 is 0 Å². The second-order valence-electron chi connectivity index (χ2n) is 7.74. The van der Waals surface area contributed by atoms with E-state index in [1.165, 1.54) is 19.4 Å². The second-order valence-corrected chi connectivity index (χ2v) is 7.74. The molecule has 1 unspecified atom stereocenters. The maximum atomic E-state index is 12.0. The molecule has 2 saturated heterocycles. The molecule has 9 nitrogen and oxygen atoms in total. The van der Waals surface area contributed by atoms with Crippen molar-refractivity contribution in [1.29, 1.82) is 0 Å². The van der Waals surface area contributed by atoms with Gasteiger partial charge < -0.3 is 23.7 Å². The van der Waals surface area contributed by atoms with Gasteiger partial charge in [0.25, 0.3) is 0 Å². The van der Waals surface area contributed by atoms with E-state index in [4.69, 9.17) is 18.9 Å². The van der Waals surface area contributed by atoms with Crippen LogP contribution in [-0.4, -0.2) is 74.5 Å². The summed E-state index contributed by atoms with van der Waals surface area (Å²) in [5, 5.41) is 0. The third kappa shape index (κ3) is 4.73. The van der Waals surface area contributed by atoms with Crippen LogP contribution in [0, 0.1) is 0 Å². The number of nitrogens with zero attached hydrogens (tertiary/aromatic N) is 5. The Morgan fingerprint density at radius 1 is 1.30 bits per heavy atom. The Labute approximate surface area is 176 Å². The molecule has 2 aliphatic heterocycles. The highest BCUT2D eigenvalue weighted by Gasteiger charge is 2.26. The van der Waals surface area contributed by atoms with Crippen LogP contribution in [0.3, 0.4) is 0 Å². The molecule has 0 aromatic carbocycles. The number of anilines is 2. The molecule has 0 aliphatic carbocycles. The van der Waals surface area contributed by atoms with Gasteiger partial charge in [0.05, 0.1) is 26.9 Å². The summed E-state index contributed by atoms with van der Waals surface area (Å²) in [6.45, 7) is 5.59. The Morgan fingerprint density at radius 2 is 2.13 bits per heavy atom. The van der Waals surface area contributed by atoms with E-state index in [0.29, 0.717) is 18.3 Å². The first kappa shape index (κ1) is 20.6. The molecule has 4 rings (SSSR count). The van der Waals surface area contributed by atoms with Crippen molar-refractivity contribution in [1.82, 2.24) is 14.9 Å². The number of rotatable bonds is 6. The Kier molecular flexibility index (Phi) is 6.49. The van der Waals surface area contributed by atoms with E-state index in [-0.39, 0.29) is 11.2 Å². The fourth-order valence-electron chi connectivity index (χ4n) is 4.02. The minimum Gasteiger partial charge on any atom is -0.490 e. The topological polar surface area (TPSA) is 84.2 Å². The molecular weight excluding hydrogens is 386 g/mol. The van der Waals surface area contributed by atoms with Gasteiger partial charge in [-0.25, -0.2) is 4.98 Å². The van der Waals surface area contributed by atoms with Crippen LogP contribution in [0.25, 0.3) is 0 Å². The molecule has 2 aromatic rings. The summed E-state index contributed by atoms with van der Waals surface area (Å²) in [6, 6.07) is 3.77. The smallest absolute Gasteiger partial charge is 0.227 e. The molecule has 9 heteroatoms. The Morgan fingerprint density at radius 3 is 2.90 bits per heavy atom. The number of likely N-dealkylation sites (N-methyl/N-ethyl adjacent to an activating group) is 1. The van der Waals surface area contributed by atoms with E-state index in [0.717, 1.165) is 64.0 Å². The number of aromatic nitrogens is 2. The van der Waals surface area contributed by atoms with Crippen molar-refractivity contribution in [2.75, 3.05) is 63.4 Å². The van der Waals surface area contributed by atoms with Crippen LogP contribution in [0.1, 0.15) is 18.6 Å². The van der Waals surface area contributed by atoms with Gasteiger partial charge in [-0.2, -0.15) is 4.98 Å². The summed E-state index contributed by atoms with van der Waals surface area (Å²) in [4.78, 5) is 28.0. The number of methoxy groups -OCH3 is 1. The highest BCUT2D eigenvalue weighted by Crippen LogP contribution is 2.22.